The summed E-state index contributed by atoms with van der Waals surface area (Å²) in [4.78, 5) is 12.0. The summed E-state index contributed by atoms with van der Waals surface area (Å²) in [7, 11) is 0. The highest BCUT2D eigenvalue weighted by molar-refractivity contribution is 5.44. The molecule has 102 valence electrons. The molecule has 0 bridgehead atoms. The highest BCUT2D eigenvalue weighted by Crippen LogP contribution is 2.08. The predicted octanol–water partition coefficient (Wildman–Crippen LogP) is 2.65. The second-order valence-corrected chi connectivity index (χ2v) is 5.07. The number of imidazole rings is 1. The summed E-state index contributed by atoms with van der Waals surface area (Å²) in [6.45, 7) is 7.50. The van der Waals surface area contributed by atoms with E-state index < -0.39 is 0 Å². The molecule has 0 amide bonds. The maximum Gasteiger partial charge on any atom is 0.328 e. The van der Waals surface area contributed by atoms with E-state index in [1.807, 2.05) is 26.2 Å². The van der Waals surface area contributed by atoms with E-state index in [2.05, 4.69) is 36.5 Å². The van der Waals surface area contributed by atoms with Gasteiger partial charge in [-0.2, -0.15) is 0 Å². The minimum atomic E-state index is 0.0562. The van der Waals surface area contributed by atoms with Gasteiger partial charge in [0.25, 0.3) is 0 Å². The van der Waals surface area contributed by atoms with Crippen LogP contribution in [0.1, 0.15) is 25.5 Å². The Morgan fingerprint density at radius 2 is 1.84 bits per heavy atom. The van der Waals surface area contributed by atoms with Gasteiger partial charge in [0, 0.05) is 37.2 Å². The number of aromatic nitrogens is 2. The molecule has 0 radical (unpaired) electrons. The molecule has 2 aromatic rings. The molecule has 19 heavy (non-hydrogen) atoms. The summed E-state index contributed by atoms with van der Waals surface area (Å²) in [6.07, 6.45) is 3.69. The minimum Gasteiger partial charge on any atom is -0.383 e. The van der Waals surface area contributed by atoms with Gasteiger partial charge in [-0.15, -0.1) is 0 Å². The van der Waals surface area contributed by atoms with Crippen molar-refractivity contribution in [2.75, 3.05) is 11.9 Å². The summed E-state index contributed by atoms with van der Waals surface area (Å²) in [6, 6.07) is 8.46. The van der Waals surface area contributed by atoms with Crippen LogP contribution in [0.15, 0.2) is 41.5 Å². The quantitative estimate of drug-likeness (QED) is 0.896. The molecular formula is C15H21N3O. The van der Waals surface area contributed by atoms with Crippen molar-refractivity contribution in [1.82, 2.24) is 9.13 Å². The van der Waals surface area contributed by atoms with Crippen molar-refractivity contribution in [2.24, 2.45) is 0 Å². The van der Waals surface area contributed by atoms with Gasteiger partial charge in [-0.25, -0.2) is 4.79 Å². The molecule has 1 aromatic carbocycles. The second kappa shape index (κ2) is 5.78. The van der Waals surface area contributed by atoms with Crippen LogP contribution in [-0.2, 0) is 6.54 Å². The standard InChI is InChI=1S/C15H21N3O/c1-12(2)18-11-10-17(15(18)19)9-8-16-14-6-4-13(3)5-7-14/h4-7,10-12,16H,8-9H2,1-3H3. The first-order valence-electron chi connectivity index (χ1n) is 6.66. The fraction of sp³-hybridized carbons (Fsp3) is 0.400. The maximum absolute atomic E-state index is 12.0. The van der Waals surface area contributed by atoms with Gasteiger partial charge in [-0.1, -0.05) is 17.7 Å². The zero-order valence-electron chi connectivity index (χ0n) is 11.8. The van der Waals surface area contributed by atoms with Crippen LogP contribution in [0.4, 0.5) is 5.69 Å². The van der Waals surface area contributed by atoms with E-state index in [1.54, 1.807) is 9.13 Å². The van der Waals surface area contributed by atoms with Crippen molar-refractivity contribution in [3.05, 3.63) is 52.7 Å². The Balaban J connectivity index is 1.93. The molecule has 0 unspecified atom stereocenters. The fourth-order valence-electron chi connectivity index (χ4n) is 1.98. The number of rotatable bonds is 5. The number of nitrogens with zero attached hydrogens (tertiary/aromatic N) is 2. The minimum absolute atomic E-state index is 0.0562. The van der Waals surface area contributed by atoms with E-state index in [9.17, 15) is 4.79 Å². The van der Waals surface area contributed by atoms with E-state index in [0.717, 1.165) is 12.2 Å². The van der Waals surface area contributed by atoms with E-state index in [0.29, 0.717) is 6.54 Å². The van der Waals surface area contributed by atoms with Gasteiger partial charge >= 0.3 is 5.69 Å². The Labute approximate surface area is 113 Å². The summed E-state index contributed by atoms with van der Waals surface area (Å²) in [5.41, 5.74) is 2.39. The van der Waals surface area contributed by atoms with Gasteiger partial charge in [0.15, 0.2) is 0 Å². The molecule has 0 spiro atoms. The zero-order valence-corrected chi connectivity index (χ0v) is 11.8. The molecule has 1 heterocycles. The van der Waals surface area contributed by atoms with E-state index >= 15 is 0 Å². The van der Waals surface area contributed by atoms with Crippen LogP contribution >= 0.6 is 0 Å². The Morgan fingerprint density at radius 1 is 1.16 bits per heavy atom. The number of hydrogen-bond acceptors (Lipinski definition) is 2. The molecule has 1 N–H and O–H groups in total. The van der Waals surface area contributed by atoms with Crippen molar-refractivity contribution in [2.45, 2.75) is 33.4 Å². The largest absolute Gasteiger partial charge is 0.383 e. The molecule has 0 saturated heterocycles. The highest BCUT2D eigenvalue weighted by Gasteiger charge is 2.05. The van der Waals surface area contributed by atoms with Crippen LogP contribution in [0.25, 0.3) is 0 Å². The molecule has 0 aliphatic carbocycles. The van der Waals surface area contributed by atoms with Gasteiger partial charge in [0.1, 0.15) is 0 Å². The molecule has 0 saturated carbocycles. The smallest absolute Gasteiger partial charge is 0.328 e. The summed E-state index contributed by atoms with van der Waals surface area (Å²) >= 11 is 0. The molecule has 2 rings (SSSR count). The third kappa shape index (κ3) is 3.28. The van der Waals surface area contributed by atoms with Crippen LogP contribution in [-0.4, -0.2) is 15.7 Å². The van der Waals surface area contributed by atoms with Crippen molar-refractivity contribution in [1.29, 1.82) is 0 Å². The lowest BCUT2D eigenvalue weighted by Gasteiger charge is -2.07. The van der Waals surface area contributed by atoms with Gasteiger partial charge in [-0.3, -0.25) is 9.13 Å². The van der Waals surface area contributed by atoms with Crippen LogP contribution < -0.4 is 11.0 Å². The van der Waals surface area contributed by atoms with Gasteiger partial charge in [-0.05, 0) is 32.9 Å². The normalized spacial score (nSPS) is 10.9. The van der Waals surface area contributed by atoms with Crippen molar-refractivity contribution >= 4 is 5.69 Å². The molecule has 4 nitrogen and oxygen atoms in total. The summed E-state index contributed by atoms with van der Waals surface area (Å²) in [5.74, 6) is 0. The molecular weight excluding hydrogens is 238 g/mol. The summed E-state index contributed by atoms with van der Waals surface area (Å²) < 4.78 is 3.48. The van der Waals surface area contributed by atoms with Crippen LogP contribution in [0.5, 0.6) is 0 Å². The molecule has 0 aliphatic heterocycles. The van der Waals surface area contributed by atoms with Crippen molar-refractivity contribution < 1.29 is 0 Å². The SMILES string of the molecule is Cc1ccc(NCCn2ccn(C(C)C)c2=O)cc1. The summed E-state index contributed by atoms with van der Waals surface area (Å²) in [5, 5.41) is 3.32. The third-order valence-electron chi connectivity index (χ3n) is 3.16. The first-order chi connectivity index (χ1) is 9.08. The number of anilines is 1. The lowest BCUT2D eigenvalue weighted by Crippen LogP contribution is -2.27. The lowest BCUT2D eigenvalue weighted by atomic mass is 10.2. The average molecular weight is 259 g/mol. The van der Waals surface area contributed by atoms with Gasteiger partial charge in [0.05, 0.1) is 0 Å². The molecule has 4 heteroatoms. The predicted molar refractivity (Wildman–Crippen MR) is 78.7 cm³/mol. The van der Waals surface area contributed by atoms with Crippen LogP contribution in [0.3, 0.4) is 0 Å². The Morgan fingerprint density at radius 3 is 2.42 bits per heavy atom. The highest BCUT2D eigenvalue weighted by atomic mass is 16.1. The lowest BCUT2D eigenvalue weighted by molar-refractivity contribution is 0.555. The second-order valence-electron chi connectivity index (χ2n) is 5.07. The number of aryl methyl sites for hydroxylation is 1. The molecule has 1 aromatic heterocycles. The van der Waals surface area contributed by atoms with Crippen LogP contribution in [0, 0.1) is 6.92 Å². The first-order valence-corrected chi connectivity index (χ1v) is 6.66. The monoisotopic (exact) mass is 259 g/mol. The molecule has 0 atom stereocenters. The topological polar surface area (TPSA) is 39.0 Å². The average Bonchev–Trinajstić information content (AvgIpc) is 2.74. The Bertz CT molecular complexity index is 578. The fourth-order valence-corrected chi connectivity index (χ4v) is 1.98. The third-order valence-corrected chi connectivity index (χ3v) is 3.16. The van der Waals surface area contributed by atoms with Crippen LogP contribution in [0.2, 0.25) is 0 Å². The van der Waals surface area contributed by atoms with E-state index in [-0.39, 0.29) is 11.7 Å². The van der Waals surface area contributed by atoms with E-state index in [4.69, 9.17) is 0 Å². The molecule has 0 aliphatic rings. The number of benzene rings is 1. The molecule has 0 fully saturated rings. The number of nitrogens with one attached hydrogen (secondary N) is 1. The van der Waals surface area contributed by atoms with E-state index in [1.165, 1.54) is 5.56 Å². The van der Waals surface area contributed by atoms with Crippen molar-refractivity contribution in [3.8, 4) is 0 Å². The van der Waals surface area contributed by atoms with Gasteiger partial charge < -0.3 is 5.32 Å². The van der Waals surface area contributed by atoms with Gasteiger partial charge in [0.2, 0.25) is 0 Å². The maximum atomic E-state index is 12.0. The zero-order chi connectivity index (χ0) is 13.8. The first kappa shape index (κ1) is 13.5. The Hall–Kier alpha value is -1.97. The Kier molecular flexibility index (Phi) is 4.10. The van der Waals surface area contributed by atoms with Crippen molar-refractivity contribution in [3.63, 3.8) is 0 Å². The number of hydrogen-bond donors (Lipinski definition) is 1.